The van der Waals surface area contributed by atoms with Crippen LogP contribution in [0, 0.1) is 0 Å². The zero-order chi connectivity index (χ0) is 17.6. The molecule has 132 valence electrons. The number of nitrogens with one attached hydrogen (secondary N) is 1. The van der Waals surface area contributed by atoms with Crippen molar-refractivity contribution < 1.29 is 9.53 Å². The number of ether oxygens (including phenoxy) is 1. The monoisotopic (exact) mass is 359 g/mol. The smallest absolute Gasteiger partial charge is 0.273 e. The molecule has 1 aliphatic rings. The summed E-state index contributed by atoms with van der Waals surface area (Å²) in [4.78, 5) is 24.6. The third kappa shape index (κ3) is 4.79. The molecule has 1 fully saturated rings. The van der Waals surface area contributed by atoms with E-state index >= 15 is 0 Å². The first-order valence-corrected chi connectivity index (χ1v) is 9.27. The molecule has 0 bridgehead atoms. The summed E-state index contributed by atoms with van der Waals surface area (Å²) in [5.74, 6) is 6.27. The van der Waals surface area contributed by atoms with Gasteiger partial charge in [0.1, 0.15) is 6.61 Å². The van der Waals surface area contributed by atoms with Gasteiger partial charge in [-0.05, 0) is 18.4 Å². The summed E-state index contributed by atoms with van der Waals surface area (Å²) in [5.41, 5.74) is 0.580. The maximum atomic E-state index is 12.5. The standard InChI is InChI=1S/C18H21N3O3S/c19-21-10-8-15(22)17(24-12-13-4-2-1-3-5-13)16(21)18(23)20-9-11-25-14-6-7-14/h1-5,8,10,14H,6-7,9,11-12,19H2,(H,20,23). The Morgan fingerprint density at radius 2 is 2.04 bits per heavy atom. The fraction of sp³-hybridized carbons (Fsp3) is 0.333. The SMILES string of the molecule is Nn1ccc(=O)c(OCc2ccccc2)c1C(=O)NCCSC1CC1. The summed E-state index contributed by atoms with van der Waals surface area (Å²) in [5, 5.41) is 3.55. The van der Waals surface area contributed by atoms with Crippen molar-refractivity contribution >= 4 is 17.7 Å². The quantitative estimate of drug-likeness (QED) is 0.554. The van der Waals surface area contributed by atoms with Crippen LogP contribution in [0.25, 0.3) is 0 Å². The van der Waals surface area contributed by atoms with Crippen LogP contribution in [0.3, 0.4) is 0 Å². The van der Waals surface area contributed by atoms with Crippen molar-refractivity contribution in [2.45, 2.75) is 24.7 Å². The molecular formula is C18H21N3O3S. The molecule has 3 rings (SSSR count). The van der Waals surface area contributed by atoms with Crippen molar-refractivity contribution in [3.8, 4) is 5.75 Å². The zero-order valence-corrected chi connectivity index (χ0v) is 14.6. The second-order valence-electron chi connectivity index (χ2n) is 5.87. The van der Waals surface area contributed by atoms with Crippen molar-refractivity contribution in [3.63, 3.8) is 0 Å². The van der Waals surface area contributed by atoms with Gasteiger partial charge in [-0.3, -0.25) is 14.3 Å². The Morgan fingerprint density at radius 1 is 1.28 bits per heavy atom. The van der Waals surface area contributed by atoms with E-state index in [1.54, 1.807) is 0 Å². The lowest BCUT2D eigenvalue weighted by molar-refractivity contribution is 0.0942. The number of carbonyl (C=O) groups is 1. The Morgan fingerprint density at radius 3 is 2.76 bits per heavy atom. The van der Waals surface area contributed by atoms with Crippen molar-refractivity contribution in [1.29, 1.82) is 0 Å². The fourth-order valence-corrected chi connectivity index (χ4v) is 3.35. The summed E-state index contributed by atoms with van der Waals surface area (Å²) < 4.78 is 6.76. The van der Waals surface area contributed by atoms with E-state index in [-0.39, 0.29) is 23.5 Å². The predicted molar refractivity (Wildman–Crippen MR) is 99.4 cm³/mol. The van der Waals surface area contributed by atoms with Gasteiger partial charge in [-0.1, -0.05) is 30.3 Å². The first kappa shape index (κ1) is 17.4. The number of nitrogen functional groups attached to an aromatic ring is 1. The molecule has 0 spiro atoms. The highest BCUT2D eigenvalue weighted by molar-refractivity contribution is 8.00. The number of nitrogens with zero attached hydrogens (tertiary/aromatic N) is 1. The Hall–Kier alpha value is -2.41. The second-order valence-corrected chi connectivity index (χ2v) is 7.27. The number of thioether (sulfide) groups is 1. The largest absolute Gasteiger partial charge is 0.482 e. The highest BCUT2D eigenvalue weighted by Crippen LogP contribution is 2.33. The first-order valence-electron chi connectivity index (χ1n) is 8.22. The Bertz CT molecular complexity index is 788. The summed E-state index contributed by atoms with van der Waals surface area (Å²) in [7, 11) is 0. The van der Waals surface area contributed by atoms with Gasteiger partial charge in [0, 0.05) is 29.8 Å². The number of rotatable bonds is 8. The van der Waals surface area contributed by atoms with E-state index in [9.17, 15) is 9.59 Å². The van der Waals surface area contributed by atoms with Gasteiger partial charge in [0.25, 0.3) is 5.91 Å². The van der Waals surface area contributed by atoms with Crippen molar-refractivity contribution in [1.82, 2.24) is 9.99 Å². The van der Waals surface area contributed by atoms with Crippen LogP contribution in [-0.2, 0) is 6.61 Å². The molecular weight excluding hydrogens is 338 g/mol. The number of hydrogen-bond acceptors (Lipinski definition) is 5. The third-order valence-corrected chi connectivity index (χ3v) is 5.17. The van der Waals surface area contributed by atoms with Crippen LogP contribution in [-0.4, -0.2) is 28.1 Å². The van der Waals surface area contributed by atoms with E-state index in [0.29, 0.717) is 6.54 Å². The number of nitrogens with two attached hydrogens (primary N) is 1. The van der Waals surface area contributed by atoms with E-state index in [1.165, 1.54) is 25.1 Å². The Kier molecular flexibility index (Phi) is 5.65. The molecule has 6 nitrogen and oxygen atoms in total. The molecule has 1 aromatic carbocycles. The lowest BCUT2D eigenvalue weighted by Gasteiger charge is -2.14. The Balaban J connectivity index is 1.69. The minimum Gasteiger partial charge on any atom is -0.482 e. The van der Waals surface area contributed by atoms with Gasteiger partial charge >= 0.3 is 0 Å². The fourth-order valence-electron chi connectivity index (χ4n) is 2.33. The van der Waals surface area contributed by atoms with Gasteiger partial charge in [0.05, 0.1) is 0 Å². The van der Waals surface area contributed by atoms with Gasteiger partial charge in [-0.15, -0.1) is 0 Å². The number of benzene rings is 1. The highest BCUT2D eigenvalue weighted by atomic mass is 32.2. The zero-order valence-electron chi connectivity index (χ0n) is 13.8. The molecule has 1 aromatic heterocycles. The number of aromatic nitrogens is 1. The van der Waals surface area contributed by atoms with Gasteiger partial charge < -0.3 is 15.9 Å². The molecule has 0 aliphatic heterocycles. The molecule has 3 N–H and O–H groups in total. The number of carbonyl (C=O) groups excluding carboxylic acids is 1. The second kappa shape index (κ2) is 8.11. The maximum absolute atomic E-state index is 12.5. The minimum absolute atomic E-state index is 0.0267. The van der Waals surface area contributed by atoms with Crippen LogP contribution in [0.4, 0.5) is 0 Å². The van der Waals surface area contributed by atoms with E-state index < -0.39 is 5.91 Å². The molecule has 25 heavy (non-hydrogen) atoms. The summed E-state index contributed by atoms with van der Waals surface area (Å²) in [6, 6.07) is 10.7. The molecule has 0 radical (unpaired) electrons. The van der Waals surface area contributed by atoms with E-state index in [2.05, 4.69) is 5.32 Å². The van der Waals surface area contributed by atoms with Crippen LogP contribution in [0.5, 0.6) is 5.75 Å². The lowest BCUT2D eigenvalue weighted by Crippen LogP contribution is -2.33. The number of amides is 1. The molecule has 1 heterocycles. The van der Waals surface area contributed by atoms with Crippen LogP contribution in [0.1, 0.15) is 28.9 Å². The number of hydrogen-bond donors (Lipinski definition) is 2. The molecule has 1 aliphatic carbocycles. The van der Waals surface area contributed by atoms with Crippen molar-refractivity contribution in [2.75, 3.05) is 18.1 Å². The van der Waals surface area contributed by atoms with Gasteiger partial charge in [0.15, 0.2) is 11.4 Å². The summed E-state index contributed by atoms with van der Waals surface area (Å²) in [6.45, 7) is 0.721. The molecule has 1 saturated carbocycles. The highest BCUT2D eigenvalue weighted by Gasteiger charge is 2.22. The van der Waals surface area contributed by atoms with Crippen LogP contribution in [0.15, 0.2) is 47.4 Å². The first-order chi connectivity index (χ1) is 12.1. The maximum Gasteiger partial charge on any atom is 0.273 e. The van der Waals surface area contributed by atoms with Gasteiger partial charge in [-0.25, -0.2) is 0 Å². The topological polar surface area (TPSA) is 86.3 Å². The van der Waals surface area contributed by atoms with Crippen LogP contribution in [0.2, 0.25) is 0 Å². The van der Waals surface area contributed by atoms with Gasteiger partial charge in [-0.2, -0.15) is 11.8 Å². The normalized spacial score (nSPS) is 13.4. The molecule has 0 unspecified atom stereocenters. The predicted octanol–water partition coefficient (Wildman–Crippen LogP) is 1.77. The van der Waals surface area contributed by atoms with E-state index in [1.807, 2.05) is 42.1 Å². The van der Waals surface area contributed by atoms with Crippen LogP contribution >= 0.6 is 11.8 Å². The summed E-state index contributed by atoms with van der Waals surface area (Å²) >= 11 is 1.85. The molecule has 7 heteroatoms. The van der Waals surface area contributed by atoms with Crippen molar-refractivity contribution in [2.24, 2.45) is 0 Å². The molecule has 0 atom stereocenters. The Labute approximate surface area is 150 Å². The van der Waals surface area contributed by atoms with Crippen LogP contribution < -0.4 is 21.3 Å². The molecule has 0 saturated heterocycles. The summed E-state index contributed by atoms with van der Waals surface area (Å²) in [6.07, 6.45) is 3.89. The minimum atomic E-state index is -0.403. The average molecular weight is 359 g/mol. The van der Waals surface area contributed by atoms with E-state index in [0.717, 1.165) is 21.2 Å². The molecule has 2 aromatic rings. The van der Waals surface area contributed by atoms with Gasteiger partial charge in [0.2, 0.25) is 5.43 Å². The average Bonchev–Trinajstić information content (AvgIpc) is 3.44. The van der Waals surface area contributed by atoms with E-state index in [4.69, 9.17) is 10.6 Å². The lowest BCUT2D eigenvalue weighted by atomic mass is 10.2. The molecule has 1 amide bonds. The third-order valence-electron chi connectivity index (χ3n) is 3.79. The van der Waals surface area contributed by atoms with Crippen molar-refractivity contribution in [3.05, 3.63) is 64.1 Å². The number of pyridine rings is 1.